The van der Waals surface area contributed by atoms with Crippen LogP contribution in [0, 0.1) is 0 Å². The molecule has 0 unspecified atom stereocenters. The molecule has 0 aromatic rings. The van der Waals surface area contributed by atoms with Gasteiger partial charge in [0, 0.05) is 0 Å². The van der Waals surface area contributed by atoms with E-state index in [0.717, 1.165) is 0 Å². The van der Waals surface area contributed by atoms with Crippen molar-refractivity contribution in [2.45, 2.75) is 109 Å². The van der Waals surface area contributed by atoms with E-state index >= 15 is 0 Å². The monoisotopic (exact) mass is 252 g/mol. The summed E-state index contributed by atoms with van der Waals surface area (Å²) in [6, 6.07) is 0. The second-order valence-corrected chi connectivity index (χ2v) is 7.23. The molecule has 1 heteroatoms. The molecule has 0 aromatic heterocycles. The van der Waals surface area contributed by atoms with Gasteiger partial charge in [-0.1, -0.05) is 57.8 Å². The molecular formula is C17H32O. The SMILES string of the molecule is CC1(C)CCC2(CCCCCCCCCCC2)O1. The summed E-state index contributed by atoms with van der Waals surface area (Å²) in [7, 11) is 0. The first kappa shape index (κ1) is 14.4. The van der Waals surface area contributed by atoms with Gasteiger partial charge >= 0.3 is 0 Å². The van der Waals surface area contributed by atoms with Gasteiger partial charge in [-0.3, -0.25) is 0 Å². The zero-order chi connectivity index (χ0) is 12.9. The predicted molar refractivity (Wildman–Crippen MR) is 77.9 cm³/mol. The van der Waals surface area contributed by atoms with Crippen LogP contribution in [0.3, 0.4) is 0 Å². The topological polar surface area (TPSA) is 9.23 Å². The first-order chi connectivity index (χ1) is 8.62. The lowest BCUT2D eigenvalue weighted by Gasteiger charge is -2.32. The van der Waals surface area contributed by atoms with Crippen molar-refractivity contribution in [2.75, 3.05) is 0 Å². The van der Waals surface area contributed by atoms with Gasteiger partial charge in [-0.25, -0.2) is 0 Å². The van der Waals surface area contributed by atoms with Crippen molar-refractivity contribution in [3.63, 3.8) is 0 Å². The summed E-state index contributed by atoms with van der Waals surface area (Å²) in [4.78, 5) is 0. The van der Waals surface area contributed by atoms with Gasteiger partial charge in [-0.2, -0.15) is 0 Å². The lowest BCUT2D eigenvalue weighted by Crippen LogP contribution is -2.32. The fourth-order valence-electron chi connectivity index (χ4n) is 3.83. The number of rotatable bonds is 0. The third-order valence-corrected chi connectivity index (χ3v) is 4.94. The summed E-state index contributed by atoms with van der Waals surface area (Å²) >= 11 is 0. The Balaban J connectivity index is 1.89. The van der Waals surface area contributed by atoms with Crippen LogP contribution in [0.1, 0.15) is 97.3 Å². The molecule has 1 aliphatic heterocycles. The molecule has 1 saturated heterocycles. The molecule has 0 bridgehead atoms. The summed E-state index contributed by atoms with van der Waals surface area (Å²) in [5.41, 5.74) is 0.389. The average molecular weight is 252 g/mol. The molecule has 2 rings (SSSR count). The van der Waals surface area contributed by atoms with E-state index in [2.05, 4.69) is 13.8 Å². The minimum Gasteiger partial charge on any atom is -0.369 e. The standard InChI is InChI=1S/C17H32O/c1-16(2)14-15-17(18-16)12-10-8-6-4-3-5-7-9-11-13-17/h3-15H2,1-2H3. The predicted octanol–water partition coefficient (Wildman–Crippen LogP) is 5.62. The molecule has 0 atom stereocenters. The Kier molecular flexibility index (Phi) is 5.12. The van der Waals surface area contributed by atoms with Gasteiger partial charge in [-0.05, 0) is 39.5 Å². The molecule has 0 amide bonds. The Morgan fingerprint density at radius 1 is 0.556 bits per heavy atom. The van der Waals surface area contributed by atoms with Crippen LogP contribution in [0.15, 0.2) is 0 Å². The van der Waals surface area contributed by atoms with Gasteiger partial charge in [0.1, 0.15) is 0 Å². The van der Waals surface area contributed by atoms with E-state index in [4.69, 9.17) is 4.74 Å². The van der Waals surface area contributed by atoms with E-state index in [1.54, 1.807) is 0 Å². The molecule has 1 nitrogen and oxygen atoms in total. The number of hydrogen-bond donors (Lipinski definition) is 0. The molecule has 2 fully saturated rings. The van der Waals surface area contributed by atoms with E-state index in [-0.39, 0.29) is 11.2 Å². The van der Waals surface area contributed by atoms with Crippen LogP contribution in [0.2, 0.25) is 0 Å². The largest absolute Gasteiger partial charge is 0.369 e. The Morgan fingerprint density at radius 3 is 1.39 bits per heavy atom. The van der Waals surface area contributed by atoms with Crippen molar-refractivity contribution >= 4 is 0 Å². The number of ether oxygens (including phenoxy) is 1. The normalized spacial score (nSPS) is 29.7. The Morgan fingerprint density at radius 2 is 1.00 bits per heavy atom. The van der Waals surface area contributed by atoms with Crippen LogP contribution in [0.4, 0.5) is 0 Å². The lowest BCUT2D eigenvalue weighted by molar-refractivity contribution is -0.0960. The molecule has 1 aliphatic carbocycles. The summed E-state index contributed by atoms with van der Waals surface area (Å²) in [6.07, 6.45) is 18.1. The fraction of sp³-hybridized carbons (Fsp3) is 1.00. The molecule has 0 radical (unpaired) electrons. The molecule has 0 aromatic carbocycles. The number of hydrogen-bond acceptors (Lipinski definition) is 1. The molecule has 18 heavy (non-hydrogen) atoms. The summed E-state index contributed by atoms with van der Waals surface area (Å²) in [5, 5.41) is 0. The molecule has 0 N–H and O–H groups in total. The van der Waals surface area contributed by atoms with E-state index in [0.29, 0.717) is 0 Å². The van der Waals surface area contributed by atoms with Crippen molar-refractivity contribution in [1.29, 1.82) is 0 Å². The van der Waals surface area contributed by atoms with E-state index < -0.39 is 0 Å². The third-order valence-electron chi connectivity index (χ3n) is 4.94. The lowest BCUT2D eigenvalue weighted by atomic mass is 9.86. The van der Waals surface area contributed by atoms with Crippen molar-refractivity contribution in [1.82, 2.24) is 0 Å². The van der Waals surface area contributed by atoms with E-state index in [1.165, 1.54) is 83.5 Å². The van der Waals surface area contributed by atoms with Gasteiger partial charge < -0.3 is 4.74 Å². The zero-order valence-electron chi connectivity index (χ0n) is 12.6. The quantitative estimate of drug-likeness (QED) is 0.544. The first-order valence-corrected chi connectivity index (χ1v) is 8.32. The highest BCUT2D eigenvalue weighted by molar-refractivity contribution is 4.93. The molecular weight excluding hydrogens is 220 g/mol. The highest BCUT2D eigenvalue weighted by atomic mass is 16.5. The second-order valence-electron chi connectivity index (χ2n) is 7.23. The van der Waals surface area contributed by atoms with Gasteiger partial charge in [0.15, 0.2) is 0 Å². The van der Waals surface area contributed by atoms with Crippen molar-refractivity contribution < 1.29 is 4.74 Å². The maximum atomic E-state index is 6.48. The highest BCUT2D eigenvalue weighted by Crippen LogP contribution is 2.44. The maximum absolute atomic E-state index is 6.48. The third kappa shape index (κ3) is 4.26. The maximum Gasteiger partial charge on any atom is 0.0690 e. The van der Waals surface area contributed by atoms with Crippen LogP contribution in [0.5, 0.6) is 0 Å². The molecule has 1 heterocycles. The summed E-state index contributed by atoms with van der Waals surface area (Å²) < 4.78 is 6.48. The van der Waals surface area contributed by atoms with Gasteiger partial charge in [0.05, 0.1) is 11.2 Å². The van der Waals surface area contributed by atoms with Crippen molar-refractivity contribution in [2.24, 2.45) is 0 Å². The Bertz CT molecular complexity index is 232. The summed E-state index contributed by atoms with van der Waals surface area (Å²) in [5.74, 6) is 0. The second kappa shape index (κ2) is 6.41. The van der Waals surface area contributed by atoms with E-state index in [1.807, 2.05) is 0 Å². The van der Waals surface area contributed by atoms with Crippen molar-refractivity contribution in [3.8, 4) is 0 Å². The molecule has 106 valence electrons. The van der Waals surface area contributed by atoms with Gasteiger partial charge in [-0.15, -0.1) is 0 Å². The first-order valence-electron chi connectivity index (χ1n) is 8.32. The molecule has 1 saturated carbocycles. The Labute approximate surface area is 114 Å². The van der Waals surface area contributed by atoms with Crippen LogP contribution < -0.4 is 0 Å². The summed E-state index contributed by atoms with van der Waals surface area (Å²) in [6.45, 7) is 4.55. The van der Waals surface area contributed by atoms with Gasteiger partial charge in [0.25, 0.3) is 0 Å². The van der Waals surface area contributed by atoms with Gasteiger partial charge in [0.2, 0.25) is 0 Å². The van der Waals surface area contributed by atoms with Crippen LogP contribution in [-0.4, -0.2) is 11.2 Å². The fourth-order valence-corrected chi connectivity index (χ4v) is 3.83. The zero-order valence-corrected chi connectivity index (χ0v) is 12.6. The van der Waals surface area contributed by atoms with E-state index in [9.17, 15) is 0 Å². The smallest absolute Gasteiger partial charge is 0.0690 e. The van der Waals surface area contributed by atoms with Crippen LogP contribution in [0.25, 0.3) is 0 Å². The minimum atomic E-state index is 0.136. The van der Waals surface area contributed by atoms with Crippen LogP contribution >= 0.6 is 0 Å². The minimum absolute atomic E-state index is 0.136. The highest BCUT2D eigenvalue weighted by Gasteiger charge is 2.42. The molecule has 1 spiro atoms. The average Bonchev–Trinajstić information content (AvgIpc) is 2.61. The van der Waals surface area contributed by atoms with Crippen LogP contribution in [-0.2, 0) is 4.74 Å². The Hall–Kier alpha value is -0.0400. The van der Waals surface area contributed by atoms with Crippen molar-refractivity contribution in [3.05, 3.63) is 0 Å². The molecule has 2 aliphatic rings.